The molecule has 0 saturated carbocycles. The summed E-state index contributed by atoms with van der Waals surface area (Å²) < 4.78 is 47.4. The van der Waals surface area contributed by atoms with Gasteiger partial charge in [-0.1, -0.05) is 45.7 Å². The first kappa shape index (κ1) is 23.3. The van der Waals surface area contributed by atoms with Crippen LogP contribution < -0.4 is 9.47 Å². The number of aryl methyl sites for hydroxylation is 2. The van der Waals surface area contributed by atoms with Crippen LogP contribution in [0.5, 0.6) is 11.6 Å². The van der Waals surface area contributed by atoms with Gasteiger partial charge in [0.1, 0.15) is 17.5 Å². The minimum absolute atomic E-state index is 0.0672. The van der Waals surface area contributed by atoms with Crippen LogP contribution in [0.3, 0.4) is 0 Å². The highest BCUT2D eigenvalue weighted by atomic mass is 35.5. The second-order valence-electron chi connectivity index (χ2n) is 6.60. The van der Waals surface area contributed by atoms with Crippen molar-refractivity contribution in [1.82, 2.24) is 9.97 Å². The molecule has 0 aliphatic heterocycles. The topological polar surface area (TPSA) is 44.2 Å². The molecule has 0 amide bonds. The summed E-state index contributed by atoms with van der Waals surface area (Å²) in [4.78, 5) is 9.39. The van der Waals surface area contributed by atoms with E-state index >= 15 is 0 Å². The maximum Gasteiger partial charge on any atom is 0.573 e. The van der Waals surface area contributed by atoms with E-state index in [1.807, 2.05) is 13.8 Å². The van der Waals surface area contributed by atoms with Crippen LogP contribution in [-0.4, -0.2) is 22.4 Å². The van der Waals surface area contributed by atoms with Crippen molar-refractivity contribution in [2.24, 2.45) is 0 Å². The van der Waals surface area contributed by atoms with E-state index in [1.54, 1.807) is 0 Å². The Labute approximate surface area is 174 Å². The fraction of sp³-hybridized carbons (Fsp3) is 0.524. The number of hydrogen-bond acceptors (Lipinski definition) is 4. The van der Waals surface area contributed by atoms with E-state index < -0.39 is 6.36 Å². The van der Waals surface area contributed by atoms with Crippen molar-refractivity contribution in [2.45, 2.75) is 72.3 Å². The Morgan fingerprint density at radius 1 is 1.03 bits per heavy atom. The molecular weight excluding hydrogens is 405 g/mol. The second-order valence-corrected chi connectivity index (χ2v) is 7.01. The smallest absolute Gasteiger partial charge is 0.473 e. The molecule has 29 heavy (non-hydrogen) atoms. The maximum atomic E-state index is 12.4. The molecule has 4 nitrogen and oxygen atoms in total. The zero-order valence-electron chi connectivity index (χ0n) is 17.1. The molecule has 0 spiro atoms. The van der Waals surface area contributed by atoms with Gasteiger partial charge in [-0.25, -0.2) is 9.97 Å². The van der Waals surface area contributed by atoms with E-state index in [2.05, 4.69) is 23.6 Å². The summed E-state index contributed by atoms with van der Waals surface area (Å²) in [5.74, 6) is 0.139. The molecular formula is C21H26ClF3N2O2. The third-order valence-electron chi connectivity index (χ3n) is 4.45. The first-order chi connectivity index (χ1) is 13.7. The Balaban J connectivity index is 2.45. The molecule has 0 bridgehead atoms. The molecule has 1 unspecified atom stereocenters. The predicted octanol–water partition coefficient (Wildman–Crippen LogP) is 6.78. The molecule has 1 atom stereocenters. The van der Waals surface area contributed by atoms with Gasteiger partial charge in [-0.05, 0) is 43.9 Å². The number of aromatic nitrogens is 2. The number of ether oxygens (including phenoxy) is 2. The molecule has 2 aromatic rings. The molecule has 1 aromatic heterocycles. The molecule has 0 aliphatic rings. The van der Waals surface area contributed by atoms with Gasteiger partial charge in [0, 0.05) is 5.56 Å². The van der Waals surface area contributed by atoms with E-state index in [-0.39, 0.29) is 16.9 Å². The normalized spacial score (nSPS) is 12.7. The number of alkyl halides is 3. The molecule has 0 N–H and O–H groups in total. The van der Waals surface area contributed by atoms with Gasteiger partial charge >= 0.3 is 6.36 Å². The van der Waals surface area contributed by atoms with Crippen molar-refractivity contribution in [3.05, 3.63) is 34.6 Å². The van der Waals surface area contributed by atoms with Crippen LogP contribution in [0.4, 0.5) is 13.2 Å². The molecule has 0 radical (unpaired) electrons. The summed E-state index contributed by atoms with van der Waals surface area (Å²) >= 11 is 6.26. The van der Waals surface area contributed by atoms with E-state index in [9.17, 15) is 13.2 Å². The van der Waals surface area contributed by atoms with Crippen LogP contribution in [0.1, 0.15) is 58.3 Å². The van der Waals surface area contributed by atoms with Crippen molar-refractivity contribution in [2.75, 3.05) is 0 Å². The molecule has 0 fully saturated rings. The van der Waals surface area contributed by atoms with Gasteiger partial charge in [-0.15, -0.1) is 13.2 Å². The van der Waals surface area contributed by atoms with Gasteiger partial charge in [0.25, 0.3) is 0 Å². The lowest BCUT2D eigenvalue weighted by Crippen LogP contribution is -2.18. The highest BCUT2D eigenvalue weighted by molar-refractivity contribution is 6.33. The highest BCUT2D eigenvalue weighted by Gasteiger charge is 2.31. The van der Waals surface area contributed by atoms with Crippen molar-refractivity contribution >= 4 is 11.6 Å². The molecule has 0 saturated heterocycles. The zero-order valence-corrected chi connectivity index (χ0v) is 17.8. The molecule has 8 heteroatoms. The standard InChI is InChI=1S/C21H26ClF3N2O2/c1-5-9-13(6-2)28-20-18(8-4)26-19(17(7-3)27-20)15-11-10-14(12-16(15)22)29-21(23,24)25/h10-13H,5-9H2,1-4H3. The molecule has 1 aromatic carbocycles. The quantitative estimate of drug-likeness (QED) is 0.440. The predicted molar refractivity (Wildman–Crippen MR) is 108 cm³/mol. The molecule has 1 heterocycles. The molecule has 2 rings (SSSR count). The van der Waals surface area contributed by atoms with Crippen molar-refractivity contribution in [3.63, 3.8) is 0 Å². The van der Waals surface area contributed by atoms with Gasteiger partial charge in [-0.2, -0.15) is 0 Å². The van der Waals surface area contributed by atoms with Crippen molar-refractivity contribution in [3.8, 4) is 22.9 Å². The Bertz CT molecular complexity index is 828. The summed E-state index contributed by atoms with van der Waals surface area (Å²) in [5.41, 5.74) is 2.42. The fourth-order valence-electron chi connectivity index (χ4n) is 2.99. The molecule has 0 aliphatic carbocycles. The lowest BCUT2D eigenvalue weighted by atomic mass is 10.1. The van der Waals surface area contributed by atoms with E-state index in [4.69, 9.17) is 21.3 Å². The number of nitrogens with zero attached hydrogens (tertiary/aromatic N) is 2. The maximum absolute atomic E-state index is 12.4. The van der Waals surface area contributed by atoms with Crippen LogP contribution in [0, 0.1) is 0 Å². The van der Waals surface area contributed by atoms with E-state index in [1.165, 1.54) is 12.1 Å². The fourth-order valence-corrected chi connectivity index (χ4v) is 3.25. The van der Waals surface area contributed by atoms with Gasteiger partial charge < -0.3 is 9.47 Å². The third kappa shape index (κ3) is 6.23. The summed E-state index contributed by atoms with van der Waals surface area (Å²) in [6, 6.07) is 3.83. The second kappa shape index (κ2) is 10.1. The SMILES string of the molecule is CCCC(CC)Oc1nc(CC)c(-c2ccc(OC(F)(F)F)cc2Cl)nc1CC. The average Bonchev–Trinajstić information content (AvgIpc) is 2.66. The largest absolute Gasteiger partial charge is 0.573 e. The Morgan fingerprint density at radius 3 is 2.24 bits per heavy atom. The lowest BCUT2D eigenvalue weighted by molar-refractivity contribution is -0.274. The summed E-state index contributed by atoms with van der Waals surface area (Å²) in [7, 11) is 0. The van der Waals surface area contributed by atoms with Crippen molar-refractivity contribution in [1.29, 1.82) is 0 Å². The summed E-state index contributed by atoms with van der Waals surface area (Å²) in [6.45, 7) is 8.06. The van der Waals surface area contributed by atoms with Gasteiger partial charge in [0.05, 0.1) is 16.4 Å². The number of hydrogen-bond donors (Lipinski definition) is 0. The van der Waals surface area contributed by atoms with Gasteiger partial charge in [0.2, 0.25) is 5.88 Å². The average molecular weight is 431 g/mol. The Hall–Kier alpha value is -2.02. The molecule has 160 valence electrons. The Morgan fingerprint density at radius 2 is 1.72 bits per heavy atom. The lowest BCUT2D eigenvalue weighted by Gasteiger charge is -2.20. The summed E-state index contributed by atoms with van der Waals surface area (Å²) in [5, 5.41) is 0.115. The Kier molecular flexibility index (Phi) is 8.14. The van der Waals surface area contributed by atoms with Crippen LogP contribution in [0.15, 0.2) is 18.2 Å². The van der Waals surface area contributed by atoms with Crippen LogP contribution >= 0.6 is 11.6 Å². The van der Waals surface area contributed by atoms with E-state index in [0.717, 1.165) is 25.3 Å². The summed E-state index contributed by atoms with van der Waals surface area (Å²) in [6.07, 6.45) is -0.724. The first-order valence-corrected chi connectivity index (χ1v) is 10.2. The van der Waals surface area contributed by atoms with Gasteiger partial charge in [-0.3, -0.25) is 0 Å². The number of halogens is 4. The van der Waals surface area contributed by atoms with Crippen LogP contribution in [0.25, 0.3) is 11.3 Å². The minimum atomic E-state index is -4.78. The van der Waals surface area contributed by atoms with E-state index in [0.29, 0.717) is 41.4 Å². The van der Waals surface area contributed by atoms with Crippen LogP contribution in [0.2, 0.25) is 5.02 Å². The van der Waals surface area contributed by atoms with Crippen molar-refractivity contribution < 1.29 is 22.6 Å². The monoisotopic (exact) mass is 430 g/mol. The highest BCUT2D eigenvalue weighted by Crippen LogP contribution is 2.35. The minimum Gasteiger partial charge on any atom is -0.473 e. The third-order valence-corrected chi connectivity index (χ3v) is 4.76. The van der Waals surface area contributed by atoms with Gasteiger partial charge in [0.15, 0.2) is 0 Å². The van der Waals surface area contributed by atoms with Crippen LogP contribution in [-0.2, 0) is 12.8 Å². The number of rotatable bonds is 9. The first-order valence-electron chi connectivity index (χ1n) is 9.84. The zero-order chi connectivity index (χ0) is 21.6. The number of benzene rings is 1.